The van der Waals surface area contributed by atoms with E-state index >= 15 is 0 Å². The summed E-state index contributed by atoms with van der Waals surface area (Å²) in [7, 11) is 0. The van der Waals surface area contributed by atoms with Crippen molar-refractivity contribution in [3.05, 3.63) is 77.6 Å². The Hall–Kier alpha value is -3.20. The third-order valence-corrected chi connectivity index (χ3v) is 5.04. The molecule has 1 aliphatic rings. The molecular weight excluding hydrogens is 395 g/mol. The summed E-state index contributed by atoms with van der Waals surface area (Å²) in [5.74, 6) is -0.447. The van der Waals surface area contributed by atoms with Gasteiger partial charge in [0.05, 0.1) is 17.4 Å². The molecule has 0 radical (unpaired) electrons. The molecule has 6 nitrogen and oxygen atoms in total. The molecule has 1 N–H and O–H groups in total. The molecule has 0 aliphatic carbocycles. The molecule has 1 aromatic heterocycles. The van der Waals surface area contributed by atoms with Gasteiger partial charge in [-0.3, -0.25) is 9.69 Å². The second-order valence-corrected chi connectivity index (χ2v) is 7.24. The number of rotatable bonds is 5. The molecule has 9 heteroatoms. The number of hydrogen-bond acceptors (Lipinski definition) is 4. The van der Waals surface area contributed by atoms with E-state index in [1.165, 1.54) is 30.0 Å². The Morgan fingerprint density at radius 3 is 2.60 bits per heavy atom. The Morgan fingerprint density at radius 1 is 1.10 bits per heavy atom. The maximum absolute atomic E-state index is 13.2. The molecule has 3 aromatic rings. The Balaban J connectivity index is 1.40. The number of para-hydroxylation sites is 1. The lowest BCUT2D eigenvalue weighted by atomic mass is 10.1. The van der Waals surface area contributed by atoms with Crippen molar-refractivity contribution < 1.29 is 18.0 Å². The van der Waals surface area contributed by atoms with Gasteiger partial charge in [0.15, 0.2) is 5.69 Å². The summed E-state index contributed by atoms with van der Waals surface area (Å²) in [5, 5.41) is 10.4. The third-order valence-electron chi connectivity index (χ3n) is 5.04. The number of carbonyl (C=O) groups is 1. The van der Waals surface area contributed by atoms with Crippen LogP contribution in [0, 0.1) is 0 Å². The Morgan fingerprint density at radius 2 is 1.83 bits per heavy atom. The van der Waals surface area contributed by atoms with Crippen molar-refractivity contribution in [3.8, 4) is 5.69 Å². The molecule has 1 amide bonds. The number of likely N-dealkylation sites (tertiary alicyclic amines) is 1. The predicted octanol–water partition coefficient (Wildman–Crippen LogP) is 3.29. The van der Waals surface area contributed by atoms with E-state index in [0.717, 1.165) is 30.3 Å². The lowest BCUT2D eigenvalue weighted by molar-refractivity contribution is -0.137. The molecule has 30 heavy (non-hydrogen) atoms. The standard InChI is InChI=1S/C21H20F3N5O/c22-21(23,24)17-8-4-5-9-19(17)29-14-18(26-27-29)20(30)25-16-10-11-28(13-16)12-15-6-2-1-3-7-15/h1-9,14,16H,10-13H2,(H,25,30). The highest BCUT2D eigenvalue weighted by Crippen LogP contribution is 2.33. The number of amides is 1. The Labute approximate surface area is 171 Å². The maximum Gasteiger partial charge on any atom is 0.418 e. The van der Waals surface area contributed by atoms with Crippen LogP contribution in [0.25, 0.3) is 5.69 Å². The lowest BCUT2D eigenvalue weighted by Crippen LogP contribution is -2.37. The molecule has 1 fully saturated rings. The molecule has 2 aromatic carbocycles. The number of aromatic nitrogens is 3. The van der Waals surface area contributed by atoms with Crippen molar-refractivity contribution in [2.24, 2.45) is 0 Å². The molecule has 1 aliphatic heterocycles. The average molecular weight is 415 g/mol. The molecular formula is C21H20F3N5O. The van der Waals surface area contributed by atoms with E-state index in [1.807, 2.05) is 18.2 Å². The van der Waals surface area contributed by atoms with Gasteiger partial charge in [-0.25, -0.2) is 4.68 Å². The van der Waals surface area contributed by atoms with Crippen LogP contribution in [0.4, 0.5) is 13.2 Å². The largest absolute Gasteiger partial charge is 0.418 e. The number of nitrogens with zero attached hydrogens (tertiary/aromatic N) is 4. The normalized spacial score (nSPS) is 17.2. The van der Waals surface area contributed by atoms with E-state index < -0.39 is 17.6 Å². The van der Waals surface area contributed by atoms with Crippen LogP contribution in [-0.2, 0) is 12.7 Å². The van der Waals surface area contributed by atoms with Gasteiger partial charge < -0.3 is 5.32 Å². The van der Waals surface area contributed by atoms with Crippen LogP contribution < -0.4 is 5.32 Å². The van der Waals surface area contributed by atoms with Gasteiger partial charge in [0, 0.05) is 25.7 Å². The van der Waals surface area contributed by atoms with Crippen molar-refractivity contribution in [2.45, 2.75) is 25.2 Å². The second kappa shape index (κ2) is 8.27. The van der Waals surface area contributed by atoms with Crippen molar-refractivity contribution >= 4 is 5.91 Å². The van der Waals surface area contributed by atoms with Crippen LogP contribution in [-0.4, -0.2) is 44.9 Å². The highest BCUT2D eigenvalue weighted by atomic mass is 19.4. The first-order valence-electron chi connectivity index (χ1n) is 9.56. The summed E-state index contributed by atoms with van der Waals surface area (Å²) in [6.45, 7) is 2.36. The molecule has 0 spiro atoms. The molecule has 1 unspecified atom stereocenters. The van der Waals surface area contributed by atoms with Crippen molar-refractivity contribution in [1.29, 1.82) is 0 Å². The van der Waals surface area contributed by atoms with Crippen LogP contribution >= 0.6 is 0 Å². The molecule has 1 saturated heterocycles. The first-order valence-corrected chi connectivity index (χ1v) is 9.56. The fourth-order valence-corrected chi connectivity index (χ4v) is 3.59. The second-order valence-electron chi connectivity index (χ2n) is 7.24. The zero-order valence-corrected chi connectivity index (χ0v) is 16.0. The summed E-state index contributed by atoms with van der Waals surface area (Å²) >= 11 is 0. The van der Waals surface area contributed by atoms with Crippen molar-refractivity contribution in [1.82, 2.24) is 25.2 Å². The van der Waals surface area contributed by atoms with Gasteiger partial charge in [-0.1, -0.05) is 47.7 Å². The lowest BCUT2D eigenvalue weighted by Gasteiger charge is -2.16. The number of benzene rings is 2. The van der Waals surface area contributed by atoms with Crippen molar-refractivity contribution in [2.75, 3.05) is 13.1 Å². The fraction of sp³-hybridized carbons (Fsp3) is 0.286. The number of hydrogen-bond donors (Lipinski definition) is 1. The van der Waals surface area contributed by atoms with Gasteiger partial charge >= 0.3 is 6.18 Å². The third kappa shape index (κ3) is 4.51. The zero-order chi connectivity index (χ0) is 21.1. The minimum Gasteiger partial charge on any atom is -0.347 e. The summed E-state index contributed by atoms with van der Waals surface area (Å²) in [6.07, 6.45) is -2.52. The van der Waals surface area contributed by atoms with Crippen molar-refractivity contribution in [3.63, 3.8) is 0 Å². The topological polar surface area (TPSA) is 63.1 Å². The van der Waals surface area contributed by atoms with Crippen LogP contribution in [0.5, 0.6) is 0 Å². The van der Waals surface area contributed by atoms with Crippen LogP contribution in [0.1, 0.15) is 28.0 Å². The number of nitrogens with one attached hydrogen (secondary N) is 1. The van der Waals surface area contributed by atoms with E-state index in [2.05, 4.69) is 32.7 Å². The first-order chi connectivity index (χ1) is 14.4. The van der Waals surface area contributed by atoms with E-state index in [1.54, 1.807) is 0 Å². The molecule has 2 heterocycles. The number of alkyl halides is 3. The molecule has 4 rings (SSSR count). The van der Waals surface area contributed by atoms with Gasteiger partial charge in [0.1, 0.15) is 0 Å². The van der Waals surface area contributed by atoms with Gasteiger partial charge in [0.25, 0.3) is 5.91 Å². The number of carbonyl (C=O) groups excluding carboxylic acids is 1. The monoisotopic (exact) mass is 415 g/mol. The summed E-state index contributed by atoms with van der Waals surface area (Å²) in [5.41, 5.74) is 0.171. The van der Waals surface area contributed by atoms with Gasteiger partial charge in [0.2, 0.25) is 0 Å². The summed E-state index contributed by atoms with van der Waals surface area (Å²) in [4.78, 5) is 14.8. The highest BCUT2D eigenvalue weighted by Gasteiger charge is 2.34. The predicted molar refractivity (Wildman–Crippen MR) is 104 cm³/mol. The molecule has 0 saturated carbocycles. The van der Waals surface area contributed by atoms with Gasteiger partial charge in [-0.2, -0.15) is 13.2 Å². The molecule has 0 bridgehead atoms. The first kappa shape index (κ1) is 20.1. The average Bonchev–Trinajstić information content (AvgIpc) is 3.38. The highest BCUT2D eigenvalue weighted by molar-refractivity contribution is 5.92. The van der Waals surface area contributed by atoms with E-state index in [4.69, 9.17) is 0 Å². The zero-order valence-electron chi connectivity index (χ0n) is 16.0. The smallest absolute Gasteiger partial charge is 0.347 e. The molecule has 156 valence electrons. The quantitative estimate of drug-likeness (QED) is 0.695. The van der Waals surface area contributed by atoms with E-state index in [9.17, 15) is 18.0 Å². The minimum atomic E-state index is -4.53. The van der Waals surface area contributed by atoms with E-state index in [0.29, 0.717) is 6.54 Å². The summed E-state index contributed by atoms with van der Waals surface area (Å²) in [6, 6.07) is 15.1. The Kier molecular flexibility index (Phi) is 5.54. The fourth-order valence-electron chi connectivity index (χ4n) is 3.59. The molecule has 1 atom stereocenters. The van der Waals surface area contributed by atoms with Gasteiger partial charge in [-0.15, -0.1) is 5.10 Å². The minimum absolute atomic E-state index is 0.0199. The summed E-state index contributed by atoms with van der Waals surface area (Å²) < 4.78 is 40.6. The van der Waals surface area contributed by atoms with Gasteiger partial charge in [-0.05, 0) is 24.1 Å². The maximum atomic E-state index is 13.2. The van der Waals surface area contributed by atoms with Crippen LogP contribution in [0.15, 0.2) is 60.8 Å². The van der Waals surface area contributed by atoms with Crippen LogP contribution in [0.3, 0.4) is 0 Å². The Bertz CT molecular complexity index is 1020. The van der Waals surface area contributed by atoms with Crippen LogP contribution in [0.2, 0.25) is 0 Å². The SMILES string of the molecule is O=C(NC1CCN(Cc2ccccc2)C1)c1cn(-c2ccccc2C(F)(F)F)nn1. The number of halogens is 3. The van der Waals surface area contributed by atoms with E-state index in [-0.39, 0.29) is 17.4 Å².